The Balaban J connectivity index is 1.34. The van der Waals surface area contributed by atoms with Gasteiger partial charge in [-0.1, -0.05) is 17.4 Å². The Morgan fingerprint density at radius 2 is 1.93 bits per heavy atom. The molecule has 0 saturated heterocycles. The number of aromatic nitrogens is 1. The van der Waals surface area contributed by atoms with Crippen molar-refractivity contribution >= 4 is 44.2 Å². The molecule has 1 heterocycles. The first-order chi connectivity index (χ1) is 13.5. The lowest BCUT2D eigenvalue weighted by Gasteiger charge is -2.08. The number of carbonyl (C=O) groups excluding carboxylic acids is 2. The second-order valence-corrected chi connectivity index (χ2v) is 7.41. The maximum atomic E-state index is 13.3. The van der Waals surface area contributed by atoms with Gasteiger partial charge in [-0.05, 0) is 31.0 Å². The minimum Gasteiger partial charge on any atom is -0.484 e. The number of rotatable bonds is 6. The summed E-state index contributed by atoms with van der Waals surface area (Å²) in [6, 6.07) is 8.78. The van der Waals surface area contributed by atoms with Crippen LogP contribution in [-0.4, -0.2) is 23.4 Å². The molecular formula is C19H15F2N3O3S. The fraction of sp³-hybridized carbons (Fsp3) is 0.211. The van der Waals surface area contributed by atoms with Crippen LogP contribution in [0.5, 0.6) is 5.75 Å². The van der Waals surface area contributed by atoms with Gasteiger partial charge >= 0.3 is 0 Å². The van der Waals surface area contributed by atoms with Gasteiger partial charge in [0.25, 0.3) is 5.91 Å². The number of thiazole rings is 1. The van der Waals surface area contributed by atoms with Gasteiger partial charge in [0.05, 0.1) is 10.2 Å². The van der Waals surface area contributed by atoms with Crippen molar-refractivity contribution in [2.24, 2.45) is 5.92 Å². The number of anilines is 2. The van der Waals surface area contributed by atoms with Crippen LogP contribution in [0, 0.1) is 17.6 Å². The molecule has 0 radical (unpaired) electrons. The standard InChI is InChI=1S/C19H15F2N3O3S/c20-13-7-15-16(8-14(13)21)28-19(23-15)24-17(25)9-27-12-3-1-2-11(6-12)22-18(26)10-4-5-10/h1-3,6-8,10H,4-5,9H2,(H,22,26)(H,23,24,25). The van der Waals surface area contributed by atoms with E-state index in [0.717, 1.165) is 36.3 Å². The first kappa shape index (κ1) is 18.3. The van der Waals surface area contributed by atoms with E-state index in [1.165, 1.54) is 0 Å². The van der Waals surface area contributed by atoms with E-state index in [0.29, 0.717) is 16.1 Å². The van der Waals surface area contributed by atoms with Crippen LogP contribution in [0.1, 0.15) is 12.8 Å². The van der Waals surface area contributed by atoms with Crippen LogP contribution in [-0.2, 0) is 9.59 Å². The molecule has 1 aliphatic rings. The Kier molecular flexibility index (Phi) is 4.91. The number of ether oxygens (including phenoxy) is 1. The number of benzene rings is 2. The first-order valence-electron chi connectivity index (χ1n) is 8.57. The normalized spacial score (nSPS) is 13.4. The van der Waals surface area contributed by atoms with E-state index >= 15 is 0 Å². The summed E-state index contributed by atoms with van der Waals surface area (Å²) in [4.78, 5) is 27.9. The molecule has 3 aromatic rings. The van der Waals surface area contributed by atoms with Crippen molar-refractivity contribution in [3.8, 4) is 5.75 Å². The van der Waals surface area contributed by atoms with E-state index < -0.39 is 17.5 Å². The molecule has 28 heavy (non-hydrogen) atoms. The van der Waals surface area contributed by atoms with Gasteiger partial charge in [0.2, 0.25) is 5.91 Å². The second-order valence-electron chi connectivity index (χ2n) is 6.38. The van der Waals surface area contributed by atoms with Crippen LogP contribution in [0.4, 0.5) is 19.6 Å². The summed E-state index contributed by atoms with van der Waals surface area (Å²) in [6.45, 7) is -0.279. The molecule has 0 bridgehead atoms. The quantitative estimate of drug-likeness (QED) is 0.653. The predicted octanol–water partition coefficient (Wildman–Crippen LogP) is 3.94. The zero-order chi connectivity index (χ0) is 19.7. The van der Waals surface area contributed by atoms with E-state index in [1.54, 1.807) is 24.3 Å². The average Bonchev–Trinajstić information content (AvgIpc) is 3.44. The van der Waals surface area contributed by atoms with Crippen molar-refractivity contribution < 1.29 is 23.1 Å². The molecule has 4 rings (SSSR count). The third-order valence-corrected chi connectivity index (χ3v) is 5.03. The fourth-order valence-electron chi connectivity index (χ4n) is 2.53. The summed E-state index contributed by atoms with van der Waals surface area (Å²) < 4.78 is 32.4. The van der Waals surface area contributed by atoms with E-state index in [9.17, 15) is 18.4 Å². The van der Waals surface area contributed by atoms with Crippen molar-refractivity contribution in [1.29, 1.82) is 0 Å². The zero-order valence-corrected chi connectivity index (χ0v) is 15.3. The molecule has 2 aromatic carbocycles. The van der Waals surface area contributed by atoms with Gasteiger partial charge in [-0.2, -0.15) is 0 Å². The third kappa shape index (κ3) is 4.25. The van der Waals surface area contributed by atoms with Crippen LogP contribution in [0.25, 0.3) is 10.2 Å². The number of halogens is 2. The fourth-order valence-corrected chi connectivity index (χ4v) is 3.42. The van der Waals surface area contributed by atoms with E-state index in [2.05, 4.69) is 15.6 Å². The number of carbonyl (C=O) groups is 2. The molecule has 2 amide bonds. The molecule has 0 unspecified atom stereocenters. The zero-order valence-electron chi connectivity index (χ0n) is 14.5. The predicted molar refractivity (Wildman–Crippen MR) is 101 cm³/mol. The summed E-state index contributed by atoms with van der Waals surface area (Å²) in [5, 5.41) is 5.57. The average molecular weight is 403 g/mol. The van der Waals surface area contributed by atoms with Gasteiger partial charge in [0.15, 0.2) is 23.4 Å². The highest BCUT2D eigenvalue weighted by atomic mass is 32.1. The largest absolute Gasteiger partial charge is 0.484 e. The molecule has 0 aliphatic heterocycles. The maximum absolute atomic E-state index is 13.3. The highest BCUT2D eigenvalue weighted by molar-refractivity contribution is 7.22. The molecule has 2 N–H and O–H groups in total. The molecule has 6 nitrogen and oxygen atoms in total. The Morgan fingerprint density at radius 1 is 1.14 bits per heavy atom. The lowest BCUT2D eigenvalue weighted by atomic mass is 10.3. The molecule has 1 aromatic heterocycles. The highest BCUT2D eigenvalue weighted by Crippen LogP contribution is 2.31. The van der Waals surface area contributed by atoms with E-state index in [4.69, 9.17) is 4.74 Å². The van der Waals surface area contributed by atoms with Gasteiger partial charge in [0, 0.05) is 23.7 Å². The Bertz CT molecular complexity index is 1030. The van der Waals surface area contributed by atoms with Gasteiger partial charge < -0.3 is 10.1 Å². The Labute approximate surface area is 162 Å². The number of fused-ring (bicyclic) bond motifs is 1. The molecule has 9 heteroatoms. The lowest BCUT2D eigenvalue weighted by molar-refractivity contribution is -0.118. The van der Waals surface area contributed by atoms with E-state index in [1.807, 2.05) is 0 Å². The van der Waals surface area contributed by atoms with Crippen molar-refractivity contribution in [2.75, 3.05) is 17.2 Å². The van der Waals surface area contributed by atoms with Crippen LogP contribution >= 0.6 is 11.3 Å². The van der Waals surface area contributed by atoms with Crippen LogP contribution < -0.4 is 15.4 Å². The smallest absolute Gasteiger partial charge is 0.264 e. The number of nitrogens with zero attached hydrogens (tertiary/aromatic N) is 1. The Hall–Kier alpha value is -3.07. The van der Waals surface area contributed by atoms with Gasteiger partial charge in [-0.3, -0.25) is 14.9 Å². The van der Waals surface area contributed by atoms with Crippen molar-refractivity contribution in [1.82, 2.24) is 4.98 Å². The molecule has 1 saturated carbocycles. The third-order valence-electron chi connectivity index (χ3n) is 4.10. The maximum Gasteiger partial charge on any atom is 0.264 e. The SMILES string of the molecule is O=C(COc1cccc(NC(=O)C2CC2)c1)Nc1nc2cc(F)c(F)cc2s1. The van der Waals surface area contributed by atoms with Crippen molar-refractivity contribution in [2.45, 2.75) is 12.8 Å². The number of hydrogen-bond donors (Lipinski definition) is 2. The van der Waals surface area contributed by atoms with Crippen molar-refractivity contribution in [3.63, 3.8) is 0 Å². The Morgan fingerprint density at radius 3 is 2.71 bits per heavy atom. The van der Waals surface area contributed by atoms with Crippen molar-refractivity contribution in [3.05, 3.63) is 48.0 Å². The summed E-state index contributed by atoms with van der Waals surface area (Å²) in [7, 11) is 0. The molecule has 144 valence electrons. The summed E-state index contributed by atoms with van der Waals surface area (Å²) >= 11 is 1.04. The van der Waals surface area contributed by atoms with Crippen LogP contribution in [0.15, 0.2) is 36.4 Å². The van der Waals surface area contributed by atoms with Gasteiger partial charge in [-0.25, -0.2) is 13.8 Å². The minimum atomic E-state index is -0.993. The first-order valence-corrected chi connectivity index (χ1v) is 9.39. The minimum absolute atomic E-state index is 0.0152. The molecular weight excluding hydrogens is 388 g/mol. The van der Waals surface area contributed by atoms with Gasteiger partial charge in [-0.15, -0.1) is 0 Å². The summed E-state index contributed by atoms with van der Waals surface area (Å²) in [5.41, 5.74) is 0.865. The van der Waals surface area contributed by atoms with Gasteiger partial charge in [0.1, 0.15) is 5.75 Å². The highest BCUT2D eigenvalue weighted by Gasteiger charge is 2.29. The molecule has 1 aliphatic carbocycles. The summed E-state index contributed by atoms with van der Waals surface area (Å²) in [5.74, 6) is -1.92. The molecule has 0 spiro atoms. The van der Waals surface area contributed by atoms with E-state index in [-0.39, 0.29) is 29.1 Å². The molecule has 1 fully saturated rings. The topological polar surface area (TPSA) is 80.3 Å². The molecule has 0 atom stereocenters. The monoisotopic (exact) mass is 403 g/mol. The lowest BCUT2D eigenvalue weighted by Crippen LogP contribution is -2.20. The summed E-state index contributed by atoms with van der Waals surface area (Å²) in [6.07, 6.45) is 1.82. The second kappa shape index (κ2) is 7.51. The number of hydrogen-bond acceptors (Lipinski definition) is 5. The van der Waals surface area contributed by atoms with Crippen LogP contribution in [0.2, 0.25) is 0 Å². The number of nitrogens with one attached hydrogen (secondary N) is 2. The van der Waals surface area contributed by atoms with Crippen LogP contribution in [0.3, 0.4) is 0 Å². The number of amides is 2.